The number of rotatable bonds is 6. The predicted octanol–water partition coefficient (Wildman–Crippen LogP) is 4.23. The molecule has 0 unspecified atom stereocenters. The number of aryl methyl sites for hydroxylation is 1. The van der Waals surface area contributed by atoms with Crippen molar-refractivity contribution in [3.8, 4) is 28.1 Å². The van der Waals surface area contributed by atoms with Gasteiger partial charge in [0.2, 0.25) is 5.82 Å². The molecule has 1 amide bonds. The van der Waals surface area contributed by atoms with Crippen LogP contribution in [0.25, 0.3) is 28.0 Å². The van der Waals surface area contributed by atoms with Gasteiger partial charge in [-0.1, -0.05) is 6.07 Å². The maximum Gasteiger partial charge on any atom is 0.292 e. The number of amides is 1. The Labute approximate surface area is 247 Å². The van der Waals surface area contributed by atoms with E-state index in [1.165, 1.54) is 17.8 Å². The average Bonchev–Trinajstić information content (AvgIpc) is 3.75. The minimum Gasteiger partial charge on any atom is -0.496 e. The number of piperidine rings is 1. The normalized spacial score (nSPS) is 19.6. The van der Waals surface area contributed by atoms with Crippen LogP contribution in [0.3, 0.4) is 0 Å². The van der Waals surface area contributed by atoms with Crippen molar-refractivity contribution in [2.75, 3.05) is 12.8 Å². The molecular formula is C31H31N9O3. The molecule has 2 bridgehead atoms. The number of aromatic amines is 1. The second kappa shape index (κ2) is 10.3. The molecule has 12 nitrogen and oxygen atoms in total. The molecule has 218 valence electrons. The Hall–Kier alpha value is -5.13. The fraction of sp³-hybridized carbons (Fsp3) is 0.323. The van der Waals surface area contributed by atoms with E-state index in [0.29, 0.717) is 29.7 Å². The molecule has 12 heteroatoms. The number of nitrogens with zero attached hydrogens (tertiary/aromatic N) is 7. The Morgan fingerprint density at radius 3 is 2.47 bits per heavy atom. The lowest BCUT2D eigenvalue weighted by molar-refractivity contribution is 0.0556. The third-order valence-electron chi connectivity index (χ3n) is 8.80. The summed E-state index contributed by atoms with van der Waals surface area (Å²) in [5.41, 5.74) is 12.7. The van der Waals surface area contributed by atoms with Gasteiger partial charge in [0, 0.05) is 40.9 Å². The maximum absolute atomic E-state index is 13.2. The lowest BCUT2D eigenvalue weighted by Crippen LogP contribution is -2.46. The van der Waals surface area contributed by atoms with Crippen molar-refractivity contribution in [2.45, 2.75) is 57.5 Å². The minimum atomic E-state index is -0.160. The third kappa shape index (κ3) is 4.41. The summed E-state index contributed by atoms with van der Waals surface area (Å²) in [6.45, 7) is 3.51. The summed E-state index contributed by atoms with van der Waals surface area (Å²) in [6.07, 6.45) is 8.06. The molecule has 0 saturated carbocycles. The van der Waals surface area contributed by atoms with Gasteiger partial charge in [-0.15, -0.1) is 10.2 Å². The highest BCUT2D eigenvalue weighted by molar-refractivity contribution is 6.00. The van der Waals surface area contributed by atoms with E-state index < -0.39 is 0 Å². The number of methoxy groups -OCH3 is 1. The maximum atomic E-state index is 13.2. The van der Waals surface area contributed by atoms with Gasteiger partial charge in [0.15, 0.2) is 11.4 Å². The van der Waals surface area contributed by atoms with E-state index in [1.54, 1.807) is 19.5 Å². The zero-order valence-electron chi connectivity index (χ0n) is 24.1. The highest BCUT2D eigenvalue weighted by atomic mass is 16.5. The lowest BCUT2D eigenvalue weighted by atomic mass is 9.85. The van der Waals surface area contributed by atoms with Crippen LogP contribution in [0.15, 0.2) is 49.1 Å². The SMILES string of the molecule is COc1ccc(-c2ccc(-c3cnn4c(N)c(C(C)=O)c([C@@H]5C[C@H]6CC[C@@H](C5)N6C(=O)c5nnc[nH]5)nc34)cn2)cc1C. The van der Waals surface area contributed by atoms with Gasteiger partial charge >= 0.3 is 0 Å². The zero-order valence-corrected chi connectivity index (χ0v) is 24.1. The van der Waals surface area contributed by atoms with Gasteiger partial charge in [-0.25, -0.2) is 4.98 Å². The molecule has 7 rings (SSSR count). The predicted molar refractivity (Wildman–Crippen MR) is 159 cm³/mol. The van der Waals surface area contributed by atoms with Crippen LogP contribution in [0.4, 0.5) is 5.82 Å². The Kier molecular flexibility index (Phi) is 6.41. The van der Waals surface area contributed by atoms with E-state index in [-0.39, 0.29) is 41.3 Å². The van der Waals surface area contributed by atoms with Gasteiger partial charge in [-0.05, 0) is 69.4 Å². The van der Waals surface area contributed by atoms with Crippen LogP contribution < -0.4 is 10.5 Å². The number of nitrogens with two attached hydrogens (primary N) is 1. The summed E-state index contributed by atoms with van der Waals surface area (Å²) in [6, 6.07) is 9.96. The first-order valence-electron chi connectivity index (χ1n) is 14.3. The van der Waals surface area contributed by atoms with Crippen LogP contribution in [0, 0.1) is 6.92 Å². The highest BCUT2D eigenvalue weighted by Crippen LogP contribution is 2.45. The molecule has 6 heterocycles. The highest BCUT2D eigenvalue weighted by Gasteiger charge is 2.45. The molecular weight excluding hydrogens is 546 g/mol. The fourth-order valence-electron chi connectivity index (χ4n) is 6.82. The molecule has 43 heavy (non-hydrogen) atoms. The molecule has 3 N–H and O–H groups in total. The lowest BCUT2D eigenvalue weighted by Gasteiger charge is -2.38. The van der Waals surface area contributed by atoms with Crippen molar-refractivity contribution in [1.82, 2.24) is 39.7 Å². The van der Waals surface area contributed by atoms with Crippen LogP contribution in [-0.4, -0.2) is 70.5 Å². The average molecular weight is 578 g/mol. The number of anilines is 1. The molecule has 2 aliphatic heterocycles. The number of nitrogens with one attached hydrogen (secondary N) is 1. The molecule has 2 aliphatic rings. The van der Waals surface area contributed by atoms with Crippen molar-refractivity contribution < 1.29 is 14.3 Å². The van der Waals surface area contributed by atoms with Gasteiger partial charge in [0.25, 0.3) is 5.91 Å². The summed E-state index contributed by atoms with van der Waals surface area (Å²) in [5, 5.41) is 12.2. The quantitative estimate of drug-likeness (QED) is 0.282. The van der Waals surface area contributed by atoms with E-state index in [4.69, 9.17) is 20.4 Å². The van der Waals surface area contributed by atoms with Crippen molar-refractivity contribution in [2.24, 2.45) is 0 Å². The number of H-pyrrole nitrogens is 1. The van der Waals surface area contributed by atoms with E-state index in [0.717, 1.165) is 46.5 Å². The summed E-state index contributed by atoms with van der Waals surface area (Å²) in [7, 11) is 1.66. The van der Waals surface area contributed by atoms with E-state index in [2.05, 4.69) is 20.3 Å². The van der Waals surface area contributed by atoms with Crippen molar-refractivity contribution in [3.63, 3.8) is 0 Å². The number of aromatic nitrogens is 7. The van der Waals surface area contributed by atoms with Crippen LogP contribution in [0.1, 0.15) is 70.8 Å². The number of ketones is 1. The number of carbonyl (C=O) groups is 2. The third-order valence-corrected chi connectivity index (χ3v) is 8.80. The number of hydrogen-bond acceptors (Lipinski definition) is 9. The molecule has 0 aliphatic carbocycles. The molecule has 2 saturated heterocycles. The van der Waals surface area contributed by atoms with Crippen molar-refractivity contribution in [1.29, 1.82) is 0 Å². The van der Waals surface area contributed by atoms with Crippen LogP contribution in [0.2, 0.25) is 0 Å². The number of fused-ring (bicyclic) bond motifs is 3. The zero-order chi connectivity index (χ0) is 29.8. The van der Waals surface area contributed by atoms with Gasteiger partial charge in [-0.2, -0.15) is 9.61 Å². The molecule has 1 aromatic carbocycles. The largest absolute Gasteiger partial charge is 0.496 e. The Bertz CT molecular complexity index is 1850. The standard InChI is InChI=1S/C31H31N9O3/c1-16-10-18(5-9-25(16)43-3)24-8-4-19(13-33-24)23-14-36-40-28(32)26(17(2)41)27(37-30(23)40)20-11-21-6-7-22(12-20)39(21)31(42)29-34-15-35-38-29/h4-5,8-10,13-15,20-22H,6-7,11-12,32H2,1-3H3,(H,34,35,38)/t20-,21-,22+. The van der Waals surface area contributed by atoms with Crippen LogP contribution >= 0.6 is 0 Å². The van der Waals surface area contributed by atoms with Gasteiger partial charge in [0.1, 0.15) is 17.9 Å². The smallest absolute Gasteiger partial charge is 0.292 e. The second-order valence-corrected chi connectivity index (χ2v) is 11.3. The first-order chi connectivity index (χ1) is 20.8. The van der Waals surface area contributed by atoms with Crippen molar-refractivity contribution in [3.05, 3.63) is 71.7 Å². The van der Waals surface area contributed by atoms with Gasteiger partial charge in [-0.3, -0.25) is 14.6 Å². The summed E-state index contributed by atoms with van der Waals surface area (Å²) in [4.78, 5) is 40.7. The number of benzene rings is 1. The summed E-state index contributed by atoms with van der Waals surface area (Å²) < 4.78 is 6.92. The number of nitrogen functional groups attached to an aromatic ring is 1. The van der Waals surface area contributed by atoms with Gasteiger partial charge < -0.3 is 20.4 Å². The second-order valence-electron chi connectivity index (χ2n) is 11.3. The number of pyridine rings is 1. The number of Topliss-reactive ketones (excluding diaryl/α,β-unsaturated/α-hetero) is 1. The Morgan fingerprint density at radius 1 is 1.07 bits per heavy atom. The molecule has 0 spiro atoms. The number of hydrogen-bond donors (Lipinski definition) is 2. The van der Waals surface area contributed by atoms with E-state index in [1.807, 2.05) is 42.2 Å². The fourth-order valence-corrected chi connectivity index (χ4v) is 6.82. The minimum absolute atomic E-state index is 0.0168. The molecule has 4 aromatic heterocycles. The molecule has 5 aromatic rings. The van der Waals surface area contributed by atoms with Gasteiger partial charge in [0.05, 0.1) is 30.3 Å². The van der Waals surface area contributed by atoms with E-state index >= 15 is 0 Å². The Balaban J connectivity index is 1.24. The first-order valence-corrected chi connectivity index (χ1v) is 14.3. The number of carbonyl (C=O) groups excluding carboxylic acids is 2. The molecule has 3 atom stereocenters. The summed E-state index contributed by atoms with van der Waals surface area (Å²) >= 11 is 0. The van der Waals surface area contributed by atoms with Crippen LogP contribution in [0.5, 0.6) is 5.75 Å². The topological polar surface area (TPSA) is 157 Å². The van der Waals surface area contributed by atoms with E-state index in [9.17, 15) is 9.59 Å². The van der Waals surface area contributed by atoms with Crippen LogP contribution in [-0.2, 0) is 0 Å². The molecule has 2 fully saturated rings. The summed E-state index contributed by atoms with van der Waals surface area (Å²) in [5.74, 6) is 1.00. The Morgan fingerprint density at radius 2 is 1.84 bits per heavy atom. The van der Waals surface area contributed by atoms with Crippen molar-refractivity contribution >= 4 is 23.2 Å². The first kappa shape index (κ1) is 26.7. The number of ether oxygens (including phenoxy) is 1. The monoisotopic (exact) mass is 577 g/mol. The molecule has 0 radical (unpaired) electrons.